The van der Waals surface area contributed by atoms with Gasteiger partial charge in [0.2, 0.25) is 0 Å². The van der Waals surface area contributed by atoms with Crippen molar-refractivity contribution in [3.63, 3.8) is 0 Å². The lowest BCUT2D eigenvalue weighted by molar-refractivity contribution is 0.250. The predicted molar refractivity (Wildman–Crippen MR) is 97.2 cm³/mol. The van der Waals surface area contributed by atoms with E-state index >= 15 is 0 Å². The summed E-state index contributed by atoms with van der Waals surface area (Å²) in [5.41, 5.74) is 2.67. The Morgan fingerprint density at radius 1 is 0.909 bits per heavy atom. The summed E-state index contributed by atoms with van der Waals surface area (Å²) in [5, 5.41) is 0.802. The van der Waals surface area contributed by atoms with Crippen molar-refractivity contribution in [1.29, 1.82) is 0 Å². The number of hydrogen-bond donors (Lipinski definition) is 0. The predicted octanol–water partition coefficient (Wildman–Crippen LogP) is 4.38. The summed E-state index contributed by atoms with van der Waals surface area (Å²) in [4.78, 5) is 6.29. The van der Waals surface area contributed by atoms with Gasteiger partial charge in [-0.1, -0.05) is 23.7 Å². The average molecular weight is 333 g/mol. The van der Waals surface area contributed by atoms with Gasteiger partial charge < -0.3 is 4.90 Å². The third-order valence-electron chi connectivity index (χ3n) is 4.13. The molecule has 0 unspecified atom stereocenters. The normalized spacial score (nSPS) is 16.0. The summed E-state index contributed by atoms with van der Waals surface area (Å²) in [6, 6.07) is 17.1. The minimum atomic E-state index is 0.802. The SMILES string of the molecule is CSc1ccc(CN2CCN(c3ccc(Cl)cc3)CC2)cc1. The third-order valence-corrected chi connectivity index (χ3v) is 5.12. The maximum atomic E-state index is 5.96. The van der Waals surface area contributed by atoms with E-state index < -0.39 is 0 Å². The second-order valence-electron chi connectivity index (χ2n) is 5.59. The second kappa shape index (κ2) is 7.40. The quantitative estimate of drug-likeness (QED) is 0.767. The first-order valence-electron chi connectivity index (χ1n) is 7.60. The maximum absolute atomic E-state index is 5.96. The lowest BCUT2D eigenvalue weighted by Gasteiger charge is -2.36. The summed E-state index contributed by atoms with van der Waals surface area (Å²) >= 11 is 7.75. The molecule has 0 aromatic heterocycles. The first-order valence-corrected chi connectivity index (χ1v) is 9.21. The summed E-state index contributed by atoms with van der Waals surface area (Å²) < 4.78 is 0. The molecule has 0 bridgehead atoms. The van der Waals surface area contributed by atoms with Gasteiger partial charge in [-0.15, -0.1) is 11.8 Å². The molecule has 0 saturated carbocycles. The van der Waals surface area contributed by atoms with E-state index in [1.165, 1.54) is 16.1 Å². The number of halogens is 1. The number of benzene rings is 2. The van der Waals surface area contributed by atoms with Crippen LogP contribution in [-0.2, 0) is 6.54 Å². The van der Waals surface area contributed by atoms with Crippen LogP contribution in [0.15, 0.2) is 53.4 Å². The van der Waals surface area contributed by atoms with Gasteiger partial charge in [-0.05, 0) is 48.2 Å². The maximum Gasteiger partial charge on any atom is 0.0407 e. The van der Waals surface area contributed by atoms with Crippen molar-refractivity contribution in [1.82, 2.24) is 4.90 Å². The Bertz CT molecular complexity index is 589. The fourth-order valence-corrected chi connectivity index (χ4v) is 3.34. The topological polar surface area (TPSA) is 6.48 Å². The molecule has 0 N–H and O–H groups in total. The number of thioether (sulfide) groups is 1. The molecule has 1 fully saturated rings. The summed E-state index contributed by atoms with van der Waals surface area (Å²) in [5.74, 6) is 0. The highest BCUT2D eigenvalue weighted by Gasteiger charge is 2.17. The van der Waals surface area contributed by atoms with Crippen LogP contribution >= 0.6 is 23.4 Å². The number of rotatable bonds is 4. The molecule has 2 aromatic carbocycles. The van der Waals surface area contributed by atoms with Crippen molar-refractivity contribution in [2.75, 3.05) is 37.3 Å². The van der Waals surface area contributed by atoms with Crippen LogP contribution in [-0.4, -0.2) is 37.3 Å². The molecule has 116 valence electrons. The Morgan fingerprint density at radius 2 is 1.55 bits per heavy atom. The second-order valence-corrected chi connectivity index (χ2v) is 6.90. The zero-order valence-electron chi connectivity index (χ0n) is 12.8. The van der Waals surface area contributed by atoms with E-state index in [2.05, 4.69) is 52.5 Å². The number of nitrogens with zero attached hydrogens (tertiary/aromatic N) is 2. The zero-order chi connectivity index (χ0) is 15.4. The highest BCUT2D eigenvalue weighted by Crippen LogP contribution is 2.20. The van der Waals surface area contributed by atoms with Crippen LogP contribution in [0.2, 0.25) is 5.02 Å². The Labute approximate surface area is 142 Å². The van der Waals surface area contributed by atoms with Gasteiger partial charge in [0.1, 0.15) is 0 Å². The van der Waals surface area contributed by atoms with Gasteiger partial charge in [0.25, 0.3) is 0 Å². The van der Waals surface area contributed by atoms with Crippen molar-refractivity contribution in [3.8, 4) is 0 Å². The van der Waals surface area contributed by atoms with Crippen molar-refractivity contribution >= 4 is 29.1 Å². The minimum Gasteiger partial charge on any atom is -0.369 e. The van der Waals surface area contributed by atoms with Crippen LogP contribution in [0.4, 0.5) is 5.69 Å². The Hall–Kier alpha value is -1.16. The van der Waals surface area contributed by atoms with Crippen LogP contribution in [0.3, 0.4) is 0 Å². The third kappa shape index (κ3) is 3.97. The molecule has 1 saturated heterocycles. The van der Waals surface area contributed by atoms with Gasteiger partial charge >= 0.3 is 0 Å². The Kier molecular flexibility index (Phi) is 5.29. The highest BCUT2D eigenvalue weighted by molar-refractivity contribution is 7.98. The molecule has 2 nitrogen and oxygen atoms in total. The first kappa shape index (κ1) is 15.7. The Balaban J connectivity index is 1.53. The lowest BCUT2D eigenvalue weighted by atomic mass is 10.2. The van der Waals surface area contributed by atoms with Crippen LogP contribution in [0.25, 0.3) is 0 Å². The lowest BCUT2D eigenvalue weighted by Crippen LogP contribution is -2.45. The van der Waals surface area contributed by atoms with Crippen LogP contribution < -0.4 is 4.90 Å². The average Bonchev–Trinajstić information content (AvgIpc) is 2.57. The molecule has 0 radical (unpaired) electrons. The zero-order valence-corrected chi connectivity index (χ0v) is 14.4. The van der Waals surface area contributed by atoms with E-state index in [4.69, 9.17) is 11.6 Å². The molecule has 4 heteroatoms. The van der Waals surface area contributed by atoms with Gasteiger partial charge in [-0.2, -0.15) is 0 Å². The largest absolute Gasteiger partial charge is 0.369 e. The van der Waals surface area contributed by atoms with Crippen molar-refractivity contribution < 1.29 is 0 Å². The summed E-state index contributed by atoms with van der Waals surface area (Å²) in [6.07, 6.45) is 2.12. The van der Waals surface area contributed by atoms with E-state index in [1.54, 1.807) is 11.8 Å². The molecular weight excluding hydrogens is 312 g/mol. The van der Waals surface area contributed by atoms with Gasteiger partial charge in [-0.25, -0.2) is 0 Å². The number of anilines is 1. The standard InChI is InChI=1S/C18H21ClN2S/c1-22-18-8-2-15(3-9-18)14-20-10-12-21(13-11-20)17-6-4-16(19)5-7-17/h2-9H,10-14H2,1H3. The van der Waals surface area contributed by atoms with E-state index in [1.807, 2.05) is 12.1 Å². The number of hydrogen-bond acceptors (Lipinski definition) is 3. The van der Waals surface area contributed by atoms with Gasteiger partial charge in [0, 0.05) is 48.3 Å². The molecule has 0 atom stereocenters. The van der Waals surface area contributed by atoms with Crippen molar-refractivity contribution in [2.45, 2.75) is 11.4 Å². The van der Waals surface area contributed by atoms with Gasteiger partial charge in [0.15, 0.2) is 0 Å². The first-order chi connectivity index (χ1) is 10.7. The van der Waals surface area contributed by atoms with Gasteiger partial charge in [0.05, 0.1) is 0 Å². The van der Waals surface area contributed by atoms with E-state index in [0.717, 1.165) is 37.7 Å². The van der Waals surface area contributed by atoms with Crippen LogP contribution in [0.1, 0.15) is 5.56 Å². The molecule has 3 rings (SSSR count). The monoisotopic (exact) mass is 332 g/mol. The molecule has 0 spiro atoms. The van der Waals surface area contributed by atoms with Crippen molar-refractivity contribution in [3.05, 3.63) is 59.1 Å². The molecule has 1 aliphatic rings. The fourth-order valence-electron chi connectivity index (χ4n) is 2.81. The Morgan fingerprint density at radius 3 is 2.14 bits per heavy atom. The molecule has 0 aliphatic carbocycles. The molecule has 0 amide bonds. The highest BCUT2D eigenvalue weighted by atomic mass is 35.5. The van der Waals surface area contributed by atoms with E-state index in [9.17, 15) is 0 Å². The summed E-state index contributed by atoms with van der Waals surface area (Å²) in [7, 11) is 0. The van der Waals surface area contributed by atoms with Crippen LogP contribution in [0.5, 0.6) is 0 Å². The van der Waals surface area contributed by atoms with E-state index in [-0.39, 0.29) is 0 Å². The molecule has 2 aromatic rings. The minimum absolute atomic E-state index is 0.802. The molecular formula is C18H21ClN2S. The van der Waals surface area contributed by atoms with Crippen molar-refractivity contribution in [2.24, 2.45) is 0 Å². The fraction of sp³-hybridized carbons (Fsp3) is 0.333. The molecule has 22 heavy (non-hydrogen) atoms. The smallest absolute Gasteiger partial charge is 0.0407 e. The molecule has 1 heterocycles. The molecule has 1 aliphatic heterocycles. The number of piperazine rings is 1. The van der Waals surface area contributed by atoms with Gasteiger partial charge in [-0.3, -0.25) is 4.90 Å². The van der Waals surface area contributed by atoms with Crippen LogP contribution in [0, 0.1) is 0 Å². The summed E-state index contributed by atoms with van der Waals surface area (Å²) in [6.45, 7) is 5.40. The van der Waals surface area contributed by atoms with E-state index in [0.29, 0.717) is 0 Å².